The zero-order valence-electron chi connectivity index (χ0n) is 11.7. The Kier molecular flexibility index (Phi) is 4.86. The Balaban J connectivity index is 2.48. The maximum atomic E-state index is 12.5. The van der Waals surface area contributed by atoms with Gasteiger partial charge in [0.2, 0.25) is 9.84 Å². The predicted octanol–water partition coefficient (Wildman–Crippen LogP) is 3.69. The lowest BCUT2D eigenvalue weighted by Gasteiger charge is -2.04. The summed E-state index contributed by atoms with van der Waals surface area (Å²) in [6.07, 6.45) is 1.31. The molecule has 0 spiro atoms. The number of nitriles is 1. The Labute approximate surface area is 134 Å². The van der Waals surface area contributed by atoms with Crippen LogP contribution in [-0.4, -0.2) is 15.5 Å². The van der Waals surface area contributed by atoms with Gasteiger partial charge < -0.3 is 4.74 Å². The van der Waals surface area contributed by atoms with Crippen LogP contribution in [0.3, 0.4) is 0 Å². The number of benzene rings is 2. The summed E-state index contributed by atoms with van der Waals surface area (Å²) in [7, 11) is -2.37. The summed E-state index contributed by atoms with van der Waals surface area (Å²) in [4.78, 5) is -0.323. The minimum absolute atomic E-state index is 0.0209. The van der Waals surface area contributed by atoms with Crippen molar-refractivity contribution in [2.75, 3.05) is 7.11 Å². The molecule has 2 rings (SSSR count). The van der Waals surface area contributed by atoms with Gasteiger partial charge in [0.1, 0.15) is 16.7 Å². The van der Waals surface area contributed by atoms with Gasteiger partial charge in [0, 0.05) is 5.02 Å². The number of hydrogen-bond donors (Lipinski definition) is 0. The van der Waals surface area contributed by atoms with E-state index in [2.05, 4.69) is 0 Å². The van der Waals surface area contributed by atoms with Crippen molar-refractivity contribution in [3.63, 3.8) is 0 Å². The molecule has 0 aromatic heterocycles. The smallest absolute Gasteiger partial charge is 0.216 e. The van der Waals surface area contributed by atoms with Gasteiger partial charge in [-0.3, -0.25) is 0 Å². The standard InChI is InChI=1S/C16H12ClNO3S/c1-21-14-4-2-3-12(9-14)10-16(11-18)22(19,20)15-7-5-13(17)6-8-15/h2-10H,1H3/b16-10+. The first-order chi connectivity index (χ1) is 10.5. The van der Waals surface area contributed by atoms with E-state index >= 15 is 0 Å². The molecule has 6 heteroatoms. The largest absolute Gasteiger partial charge is 0.497 e. The fourth-order valence-electron chi connectivity index (χ4n) is 1.79. The van der Waals surface area contributed by atoms with Crippen molar-refractivity contribution >= 4 is 27.5 Å². The van der Waals surface area contributed by atoms with E-state index in [-0.39, 0.29) is 9.80 Å². The third-order valence-electron chi connectivity index (χ3n) is 2.92. The van der Waals surface area contributed by atoms with Crippen LogP contribution >= 0.6 is 11.6 Å². The maximum absolute atomic E-state index is 12.5. The average Bonchev–Trinajstić information content (AvgIpc) is 2.53. The molecule has 22 heavy (non-hydrogen) atoms. The van der Waals surface area contributed by atoms with Crippen LogP contribution in [-0.2, 0) is 9.84 Å². The van der Waals surface area contributed by atoms with E-state index in [0.717, 1.165) is 0 Å². The maximum Gasteiger partial charge on any atom is 0.216 e. The molecule has 0 saturated carbocycles. The molecule has 0 aliphatic rings. The predicted molar refractivity (Wildman–Crippen MR) is 85.2 cm³/mol. The summed E-state index contributed by atoms with van der Waals surface area (Å²) in [5.74, 6) is 0.579. The number of halogens is 1. The Morgan fingerprint density at radius 1 is 1.23 bits per heavy atom. The number of sulfone groups is 1. The molecule has 0 radical (unpaired) electrons. The van der Waals surface area contributed by atoms with Gasteiger partial charge in [-0.05, 0) is 48.0 Å². The molecule has 0 atom stereocenters. The average molecular weight is 334 g/mol. The minimum atomic E-state index is -3.89. The van der Waals surface area contributed by atoms with Crippen LogP contribution in [0.2, 0.25) is 5.02 Å². The summed E-state index contributed by atoms with van der Waals surface area (Å²) < 4.78 is 30.0. The Morgan fingerprint density at radius 3 is 2.50 bits per heavy atom. The molecule has 2 aromatic carbocycles. The highest BCUT2D eigenvalue weighted by Crippen LogP contribution is 2.23. The van der Waals surface area contributed by atoms with Crippen molar-refractivity contribution in [1.29, 1.82) is 5.26 Å². The molecule has 0 aliphatic carbocycles. The Bertz CT molecular complexity index is 850. The van der Waals surface area contributed by atoms with Crippen LogP contribution in [0.1, 0.15) is 5.56 Å². The number of nitrogens with zero attached hydrogens (tertiary/aromatic N) is 1. The van der Waals surface area contributed by atoms with Gasteiger partial charge in [0.15, 0.2) is 0 Å². The molecule has 0 unspecified atom stereocenters. The van der Waals surface area contributed by atoms with Gasteiger partial charge in [0.05, 0.1) is 12.0 Å². The van der Waals surface area contributed by atoms with E-state index in [0.29, 0.717) is 16.3 Å². The molecule has 0 heterocycles. The van der Waals surface area contributed by atoms with Gasteiger partial charge in [-0.2, -0.15) is 5.26 Å². The molecule has 0 bridgehead atoms. The highest BCUT2D eigenvalue weighted by atomic mass is 35.5. The number of hydrogen-bond acceptors (Lipinski definition) is 4. The first-order valence-corrected chi connectivity index (χ1v) is 8.10. The molecule has 2 aromatic rings. The second kappa shape index (κ2) is 6.65. The second-order valence-electron chi connectivity index (χ2n) is 4.35. The summed E-state index contributed by atoms with van der Waals surface area (Å²) in [6, 6.07) is 14.2. The first kappa shape index (κ1) is 16.1. The van der Waals surface area contributed by atoms with E-state index < -0.39 is 9.84 Å². The fourth-order valence-corrected chi connectivity index (χ4v) is 3.08. The van der Waals surface area contributed by atoms with E-state index in [9.17, 15) is 13.7 Å². The van der Waals surface area contributed by atoms with Crippen LogP contribution in [0.25, 0.3) is 6.08 Å². The first-order valence-electron chi connectivity index (χ1n) is 6.24. The third-order valence-corrected chi connectivity index (χ3v) is 4.85. The summed E-state index contributed by atoms with van der Waals surface area (Å²) in [6.45, 7) is 0. The summed E-state index contributed by atoms with van der Waals surface area (Å²) >= 11 is 5.75. The molecular weight excluding hydrogens is 322 g/mol. The quantitative estimate of drug-likeness (QED) is 0.800. The summed E-state index contributed by atoms with van der Waals surface area (Å²) in [5.41, 5.74) is 0.563. The van der Waals surface area contributed by atoms with Crippen molar-refractivity contribution in [3.8, 4) is 11.8 Å². The van der Waals surface area contributed by atoms with Crippen molar-refractivity contribution in [2.45, 2.75) is 4.90 Å². The third kappa shape index (κ3) is 3.48. The van der Waals surface area contributed by atoms with Crippen LogP contribution < -0.4 is 4.74 Å². The minimum Gasteiger partial charge on any atom is -0.497 e. The topological polar surface area (TPSA) is 67.2 Å². The molecule has 0 aliphatic heterocycles. The van der Waals surface area contributed by atoms with Crippen LogP contribution in [0, 0.1) is 11.3 Å². The normalized spacial score (nSPS) is 11.8. The molecule has 4 nitrogen and oxygen atoms in total. The number of ether oxygens (including phenoxy) is 1. The van der Waals surface area contributed by atoms with Crippen LogP contribution in [0.15, 0.2) is 58.3 Å². The van der Waals surface area contributed by atoms with Crippen molar-refractivity contribution in [1.82, 2.24) is 0 Å². The molecule has 0 amide bonds. The Morgan fingerprint density at radius 2 is 1.91 bits per heavy atom. The van der Waals surface area contributed by atoms with Crippen LogP contribution in [0.5, 0.6) is 5.75 Å². The zero-order chi connectivity index (χ0) is 16.2. The van der Waals surface area contributed by atoms with Crippen LogP contribution in [0.4, 0.5) is 0 Å². The van der Waals surface area contributed by atoms with Gasteiger partial charge >= 0.3 is 0 Å². The van der Waals surface area contributed by atoms with E-state index in [1.165, 1.54) is 37.5 Å². The molecule has 0 N–H and O–H groups in total. The van der Waals surface area contributed by atoms with Gasteiger partial charge in [0.25, 0.3) is 0 Å². The van der Waals surface area contributed by atoms with E-state index in [1.54, 1.807) is 30.3 Å². The fraction of sp³-hybridized carbons (Fsp3) is 0.0625. The molecular formula is C16H12ClNO3S. The SMILES string of the molecule is COc1cccc(/C=C(\C#N)S(=O)(=O)c2ccc(Cl)cc2)c1. The zero-order valence-corrected chi connectivity index (χ0v) is 13.2. The second-order valence-corrected chi connectivity index (χ2v) is 6.71. The van der Waals surface area contributed by atoms with Gasteiger partial charge in [-0.15, -0.1) is 0 Å². The lowest BCUT2D eigenvalue weighted by Crippen LogP contribution is -2.03. The van der Waals surface area contributed by atoms with Gasteiger partial charge in [-0.1, -0.05) is 23.7 Å². The van der Waals surface area contributed by atoms with E-state index in [4.69, 9.17) is 16.3 Å². The highest BCUT2D eigenvalue weighted by Gasteiger charge is 2.20. The number of rotatable bonds is 4. The molecule has 0 fully saturated rings. The highest BCUT2D eigenvalue weighted by molar-refractivity contribution is 7.95. The van der Waals surface area contributed by atoms with Gasteiger partial charge in [-0.25, -0.2) is 8.42 Å². The molecule has 112 valence electrons. The van der Waals surface area contributed by atoms with Crippen molar-refractivity contribution < 1.29 is 13.2 Å². The van der Waals surface area contributed by atoms with Crippen molar-refractivity contribution in [3.05, 3.63) is 64.0 Å². The Hall–Kier alpha value is -2.29. The number of allylic oxidation sites excluding steroid dienone is 1. The summed E-state index contributed by atoms with van der Waals surface area (Å²) in [5, 5.41) is 9.64. The lowest BCUT2D eigenvalue weighted by molar-refractivity contribution is 0.414. The molecule has 0 saturated heterocycles. The van der Waals surface area contributed by atoms with E-state index in [1.807, 2.05) is 0 Å². The van der Waals surface area contributed by atoms with Crippen molar-refractivity contribution in [2.24, 2.45) is 0 Å². The number of methoxy groups -OCH3 is 1. The monoisotopic (exact) mass is 333 g/mol. The lowest BCUT2D eigenvalue weighted by atomic mass is 10.2.